The fourth-order valence-corrected chi connectivity index (χ4v) is 1.80. The molecule has 0 unspecified atom stereocenters. The third-order valence-electron chi connectivity index (χ3n) is 2.37. The Morgan fingerprint density at radius 1 is 1.18 bits per heavy atom. The molecule has 0 aromatic heterocycles. The van der Waals surface area contributed by atoms with E-state index in [0.29, 0.717) is 11.3 Å². The molecule has 0 bridgehead atoms. The number of halogens is 1. The maximum atomic E-state index is 10.7. The van der Waals surface area contributed by atoms with Crippen LogP contribution in [0.4, 0.5) is 0 Å². The number of hydrogen-bond acceptors (Lipinski definition) is 2. The first-order valence-corrected chi connectivity index (χ1v) is 5.97. The van der Waals surface area contributed by atoms with Gasteiger partial charge in [0.2, 0.25) is 0 Å². The summed E-state index contributed by atoms with van der Waals surface area (Å²) in [5.41, 5.74) is 1.65. The van der Waals surface area contributed by atoms with E-state index in [-0.39, 0.29) is 0 Å². The summed E-state index contributed by atoms with van der Waals surface area (Å²) in [5, 5.41) is 0. The van der Waals surface area contributed by atoms with Crippen molar-refractivity contribution in [3.63, 3.8) is 0 Å². The number of carbonyl (C=O) groups excluding carboxylic acids is 1. The Balaban J connectivity index is 2.30. The third-order valence-corrected chi connectivity index (χ3v) is 2.87. The van der Waals surface area contributed by atoms with Crippen LogP contribution in [-0.2, 0) is 0 Å². The van der Waals surface area contributed by atoms with Crippen molar-refractivity contribution in [1.29, 1.82) is 0 Å². The van der Waals surface area contributed by atoms with Crippen LogP contribution in [0.5, 0.6) is 11.5 Å². The fourth-order valence-electron chi connectivity index (χ4n) is 1.46. The van der Waals surface area contributed by atoms with Crippen LogP contribution in [0.1, 0.15) is 15.9 Å². The quantitative estimate of drug-likeness (QED) is 0.785. The van der Waals surface area contributed by atoms with E-state index in [0.717, 1.165) is 22.1 Å². The number of ether oxygens (including phenoxy) is 1. The van der Waals surface area contributed by atoms with E-state index in [9.17, 15) is 4.79 Å². The summed E-state index contributed by atoms with van der Waals surface area (Å²) in [6.07, 6.45) is 0.806. The molecule has 0 aliphatic carbocycles. The number of aldehydes is 1. The zero-order chi connectivity index (χ0) is 12.3. The Labute approximate surface area is 108 Å². The van der Waals surface area contributed by atoms with Crippen molar-refractivity contribution >= 4 is 22.2 Å². The van der Waals surface area contributed by atoms with Crippen molar-refractivity contribution in [3.05, 3.63) is 58.1 Å². The molecular formula is C14H11BrO2. The van der Waals surface area contributed by atoms with Gasteiger partial charge in [-0.25, -0.2) is 0 Å². The molecule has 2 aromatic carbocycles. The Bertz CT molecular complexity index is 550. The second-order valence-corrected chi connectivity index (χ2v) is 4.62. The van der Waals surface area contributed by atoms with Gasteiger partial charge in [0.05, 0.1) is 0 Å². The topological polar surface area (TPSA) is 26.3 Å². The van der Waals surface area contributed by atoms with Crippen LogP contribution in [-0.4, -0.2) is 6.29 Å². The van der Waals surface area contributed by atoms with Crippen LogP contribution in [0.3, 0.4) is 0 Å². The van der Waals surface area contributed by atoms with E-state index in [1.165, 1.54) is 0 Å². The highest BCUT2D eigenvalue weighted by atomic mass is 79.9. The summed E-state index contributed by atoms with van der Waals surface area (Å²) in [6.45, 7) is 1.98. The molecule has 2 aromatic rings. The third kappa shape index (κ3) is 2.94. The van der Waals surface area contributed by atoms with Crippen LogP contribution >= 0.6 is 15.9 Å². The smallest absolute Gasteiger partial charge is 0.150 e. The average molecular weight is 291 g/mol. The highest BCUT2D eigenvalue weighted by Crippen LogP contribution is 2.28. The van der Waals surface area contributed by atoms with Crippen LogP contribution in [0, 0.1) is 6.92 Å². The molecule has 86 valence electrons. The van der Waals surface area contributed by atoms with Gasteiger partial charge in [0.15, 0.2) is 0 Å². The summed E-state index contributed by atoms with van der Waals surface area (Å²) in [4.78, 5) is 10.7. The monoisotopic (exact) mass is 290 g/mol. The molecule has 0 radical (unpaired) electrons. The Morgan fingerprint density at radius 3 is 2.76 bits per heavy atom. The standard InChI is InChI=1S/C14H11BrO2/c1-10-5-6-12(15)8-14(10)17-13-4-2-3-11(7-13)9-16/h2-9H,1H3. The molecule has 0 heterocycles. The van der Waals surface area contributed by atoms with Crippen LogP contribution in [0.2, 0.25) is 0 Å². The van der Waals surface area contributed by atoms with E-state index in [1.54, 1.807) is 18.2 Å². The summed E-state index contributed by atoms with van der Waals surface area (Å²) >= 11 is 3.40. The average Bonchev–Trinajstić information content (AvgIpc) is 2.34. The minimum absolute atomic E-state index is 0.607. The number of rotatable bonds is 3. The van der Waals surface area contributed by atoms with Gasteiger partial charge in [-0.1, -0.05) is 34.1 Å². The number of carbonyl (C=O) groups is 1. The lowest BCUT2D eigenvalue weighted by Crippen LogP contribution is -1.89. The van der Waals surface area contributed by atoms with Gasteiger partial charge in [0, 0.05) is 10.0 Å². The first kappa shape index (κ1) is 11.9. The summed E-state index contributed by atoms with van der Waals surface area (Å²) in [7, 11) is 0. The first-order valence-electron chi connectivity index (χ1n) is 5.18. The second kappa shape index (κ2) is 5.15. The number of benzene rings is 2. The molecule has 0 saturated heterocycles. The van der Waals surface area contributed by atoms with Crippen molar-refractivity contribution in [1.82, 2.24) is 0 Å². The zero-order valence-corrected chi connectivity index (χ0v) is 10.9. The lowest BCUT2D eigenvalue weighted by molar-refractivity contribution is 0.112. The van der Waals surface area contributed by atoms with E-state index in [1.807, 2.05) is 31.2 Å². The van der Waals surface area contributed by atoms with Gasteiger partial charge in [-0.3, -0.25) is 4.79 Å². The lowest BCUT2D eigenvalue weighted by Gasteiger charge is -2.09. The van der Waals surface area contributed by atoms with Crippen molar-refractivity contribution in [3.8, 4) is 11.5 Å². The van der Waals surface area contributed by atoms with Gasteiger partial charge in [-0.05, 0) is 36.8 Å². The molecule has 0 saturated carbocycles. The molecule has 0 spiro atoms. The van der Waals surface area contributed by atoms with Gasteiger partial charge in [0.25, 0.3) is 0 Å². The molecule has 17 heavy (non-hydrogen) atoms. The molecule has 0 fully saturated rings. The maximum Gasteiger partial charge on any atom is 0.150 e. The number of aryl methyl sites for hydroxylation is 1. The van der Waals surface area contributed by atoms with Gasteiger partial charge < -0.3 is 4.74 Å². The Kier molecular flexibility index (Phi) is 3.59. The predicted molar refractivity (Wildman–Crippen MR) is 70.8 cm³/mol. The molecule has 2 nitrogen and oxygen atoms in total. The second-order valence-electron chi connectivity index (χ2n) is 3.70. The molecule has 2 rings (SSSR count). The van der Waals surface area contributed by atoms with Crippen molar-refractivity contribution in [2.24, 2.45) is 0 Å². The minimum atomic E-state index is 0.607. The zero-order valence-electron chi connectivity index (χ0n) is 9.31. The minimum Gasteiger partial charge on any atom is -0.457 e. The van der Waals surface area contributed by atoms with E-state index >= 15 is 0 Å². The normalized spacial score (nSPS) is 10.0. The van der Waals surface area contributed by atoms with Gasteiger partial charge in [-0.2, -0.15) is 0 Å². The summed E-state index contributed by atoms with van der Waals surface area (Å²) in [5.74, 6) is 1.44. The predicted octanol–water partition coefficient (Wildman–Crippen LogP) is 4.36. The van der Waals surface area contributed by atoms with Gasteiger partial charge in [0.1, 0.15) is 17.8 Å². The Hall–Kier alpha value is -1.61. The molecule has 0 aliphatic rings. The highest BCUT2D eigenvalue weighted by molar-refractivity contribution is 9.10. The van der Waals surface area contributed by atoms with Crippen molar-refractivity contribution < 1.29 is 9.53 Å². The van der Waals surface area contributed by atoms with E-state index in [4.69, 9.17) is 4.74 Å². The number of hydrogen-bond donors (Lipinski definition) is 0. The van der Waals surface area contributed by atoms with E-state index in [2.05, 4.69) is 15.9 Å². The van der Waals surface area contributed by atoms with Crippen LogP contribution in [0.25, 0.3) is 0 Å². The van der Waals surface area contributed by atoms with Crippen molar-refractivity contribution in [2.75, 3.05) is 0 Å². The first-order chi connectivity index (χ1) is 8.19. The molecular weight excluding hydrogens is 280 g/mol. The fraction of sp³-hybridized carbons (Fsp3) is 0.0714. The molecule has 0 amide bonds. The van der Waals surface area contributed by atoms with Crippen LogP contribution in [0.15, 0.2) is 46.9 Å². The largest absolute Gasteiger partial charge is 0.457 e. The molecule has 0 atom stereocenters. The molecule has 0 aliphatic heterocycles. The van der Waals surface area contributed by atoms with Gasteiger partial charge in [-0.15, -0.1) is 0 Å². The molecule has 3 heteroatoms. The van der Waals surface area contributed by atoms with Crippen molar-refractivity contribution in [2.45, 2.75) is 6.92 Å². The highest BCUT2D eigenvalue weighted by Gasteiger charge is 2.03. The summed E-state index contributed by atoms with van der Waals surface area (Å²) in [6, 6.07) is 12.9. The van der Waals surface area contributed by atoms with Gasteiger partial charge >= 0.3 is 0 Å². The molecule has 0 N–H and O–H groups in total. The van der Waals surface area contributed by atoms with E-state index < -0.39 is 0 Å². The maximum absolute atomic E-state index is 10.7. The Morgan fingerprint density at radius 2 is 2.00 bits per heavy atom. The SMILES string of the molecule is Cc1ccc(Br)cc1Oc1cccc(C=O)c1. The lowest BCUT2D eigenvalue weighted by atomic mass is 10.2. The van der Waals surface area contributed by atoms with Crippen LogP contribution < -0.4 is 4.74 Å². The summed E-state index contributed by atoms with van der Waals surface area (Å²) < 4.78 is 6.71.